The molecule has 4 rings (SSSR count). The van der Waals surface area contributed by atoms with Crippen molar-refractivity contribution in [2.45, 2.75) is 0 Å². The summed E-state index contributed by atoms with van der Waals surface area (Å²) in [6, 6.07) is 11.7. The molecular weight excluding hydrogens is 494 g/mol. The summed E-state index contributed by atoms with van der Waals surface area (Å²) in [7, 11) is 8.64. The van der Waals surface area contributed by atoms with Gasteiger partial charge in [-0.25, -0.2) is 14.5 Å². The van der Waals surface area contributed by atoms with Crippen LogP contribution in [0.25, 0.3) is 21.9 Å². The number of nitrogens with one attached hydrogen (secondary N) is 1. The van der Waals surface area contributed by atoms with Gasteiger partial charge < -0.3 is 28.4 Å². The molecule has 0 bridgehead atoms. The van der Waals surface area contributed by atoms with Crippen molar-refractivity contribution in [3.8, 4) is 39.9 Å². The van der Waals surface area contributed by atoms with E-state index >= 15 is 0 Å². The van der Waals surface area contributed by atoms with E-state index in [9.17, 15) is 9.59 Å². The topological polar surface area (TPSA) is 119 Å². The molecule has 0 aliphatic rings. The number of nitrogens with zero attached hydrogens (tertiary/aromatic N) is 2. The van der Waals surface area contributed by atoms with Gasteiger partial charge in [-0.1, -0.05) is 6.07 Å². The predicted octanol–water partition coefficient (Wildman–Crippen LogP) is 3.77. The molecule has 11 nitrogen and oxygen atoms in total. The molecular formula is C27H27N3O8. The minimum Gasteiger partial charge on any atom is -0.493 e. The second-order valence-corrected chi connectivity index (χ2v) is 7.85. The van der Waals surface area contributed by atoms with E-state index in [2.05, 4.69) is 10.4 Å². The zero-order valence-corrected chi connectivity index (χ0v) is 21.8. The average Bonchev–Trinajstić information content (AvgIpc) is 2.96. The molecule has 0 saturated heterocycles. The molecule has 11 heteroatoms. The summed E-state index contributed by atoms with van der Waals surface area (Å²) in [4.78, 5) is 31.4. The van der Waals surface area contributed by atoms with Crippen LogP contribution in [0.4, 0.5) is 5.82 Å². The maximum absolute atomic E-state index is 13.9. The molecule has 2 aromatic carbocycles. The fourth-order valence-electron chi connectivity index (χ4n) is 4.18. The van der Waals surface area contributed by atoms with Gasteiger partial charge in [0.15, 0.2) is 28.7 Å². The van der Waals surface area contributed by atoms with Crippen LogP contribution in [0.5, 0.6) is 28.7 Å². The van der Waals surface area contributed by atoms with Crippen LogP contribution < -0.4 is 34.7 Å². The third-order valence-corrected chi connectivity index (χ3v) is 5.91. The van der Waals surface area contributed by atoms with Gasteiger partial charge in [0.2, 0.25) is 5.75 Å². The minimum atomic E-state index is -0.772. The van der Waals surface area contributed by atoms with Crippen LogP contribution in [0.2, 0.25) is 0 Å². The maximum Gasteiger partial charge on any atom is 0.357 e. The largest absolute Gasteiger partial charge is 0.493 e. The minimum absolute atomic E-state index is 0.0860. The summed E-state index contributed by atoms with van der Waals surface area (Å²) >= 11 is 0. The lowest BCUT2D eigenvalue weighted by Crippen LogP contribution is -2.33. The molecule has 0 fully saturated rings. The molecule has 2 heterocycles. The Hall–Kier alpha value is -4.93. The zero-order chi connectivity index (χ0) is 27.4. The van der Waals surface area contributed by atoms with Crippen LogP contribution in [0.15, 0.2) is 53.5 Å². The number of aromatic nitrogens is 2. The summed E-state index contributed by atoms with van der Waals surface area (Å²) in [6.45, 7) is 0. The fraction of sp³-hybridized carbons (Fsp3) is 0.222. The number of hydrogen-bond donors (Lipinski definition) is 1. The number of benzene rings is 2. The van der Waals surface area contributed by atoms with Crippen LogP contribution in [-0.4, -0.2) is 58.3 Å². The lowest BCUT2D eigenvalue weighted by atomic mass is 9.95. The van der Waals surface area contributed by atoms with E-state index in [1.54, 1.807) is 48.7 Å². The van der Waals surface area contributed by atoms with Gasteiger partial charge >= 0.3 is 5.97 Å². The van der Waals surface area contributed by atoms with E-state index in [4.69, 9.17) is 28.4 Å². The second-order valence-electron chi connectivity index (χ2n) is 7.85. The van der Waals surface area contributed by atoms with E-state index in [1.165, 1.54) is 42.7 Å². The first kappa shape index (κ1) is 26.1. The van der Waals surface area contributed by atoms with Crippen LogP contribution in [0, 0.1) is 0 Å². The third-order valence-electron chi connectivity index (χ3n) is 5.91. The number of carbonyl (C=O) groups is 1. The molecule has 0 aliphatic carbocycles. The predicted molar refractivity (Wildman–Crippen MR) is 141 cm³/mol. The van der Waals surface area contributed by atoms with Crippen molar-refractivity contribution in [3.63, 3.8) is 0 Å². The van der Waals surface area contributed by atoms with Gasteiger partial charge in [-0.2, -0.15) is 0 Å². The third kappa shape index (κ3) is 4.49. The van der Waals surface area contributed by atoms with E-state index in [0.29, 0.717) is 51.1 Å². The number of rotatable bonds is 9. The number of fused-ring (bicyclic) bond motifs is 1. The number of ether oxygens (including phenoxy) is 6. The monoisotopic (exact) mass is 521 g/mol. The van der Waals surface area contributed by atoms with Crippen molar-refractivity contribution >= 4 is 22.6 Å². The molecule has 4 aromatic rings. The van der Waals surface area contributed by atoms with Gasteiger partial charge in [-0.15, -0.1) is 0 Å². The highest BCUT2D eigenvalue weighted by molar-refractivity contribution is 6.08. The normalized spacial score (nSPS) is 10.6. The molecule has 0 radical (unpaired) electrons. The quantitative estimate of drug-likeness (QED) is 0.326. The summed E-state index contributed by atoms with van der Waals surface area (Å²) in [5, 5.41) is 0.642. The van der Waals surface area contributed by atoms with Crippen molar-refractivity contribution < 1.29 is 33.2 Å². The summed E-state index contributed by atoms with van der Waals surface area (Å²) in [5.41, 5.74) is 3.14. The van der Waals surface area contributed by atoms with Gasteiger partial charge in [0.25, 0.3) is 5.56 Å². The number of hydrogen-bond acceptors (Lipinski definition) is 10. The first-order valence-electron chi connectivity index (χ1n) is 11.3. The Bertz CT molecular complexity index is 1530. The number of anilines is 1. The second kappa shape index (κ2) is 11.0. The van der Waals surface area contributed by atoms with Gasteiger partial charge in [-0.3, -0.25) is 10.2 Å². The Balaban J connectivity index is 2.22. The van der Waals surface area contributed by atoms with Crippen molar-refractivity contribution in [3.05, 3.63) is 64.7 Å². The van der Waals surface area contributed by atoms with E-state index in [-0.39, 0.29) is 11.1 Å². The molecule has 0 unspecified atom stereocenters. The molecule has 0 atom stereocenters. The van der Waals surface area contributed by atoms with Crippen molar-refractivity contribution in [1.82, 2.24) is 9.66 Å². The summed E-state index contributed by atoms with van der Waals surface area (Å²) in [6.07, 6.45) is 1.56. The van der Waals surface area contributed by atoms with Gasteiger partial charge in [0, 0.05) is 17.1 Å². The van der Waals surface area contributed by atoms with Crippen LogP contribution in [-0.2, 0) is 4.74 Å². The van der Waals surface area contributed by atoms with E-state index < -0.39 is 11.5 Å². The number of carbonyl (C=O) groups excluding carboxylic acids is 1. The Morgan fingerprint density at radius 3 is 1.89 bits per heavy atom. The lowest BCUT2D eigenvalue weighted by molar-refractivity contribution is 0.0590. The Morgan fingerprint density at radius 1 is 0.789 bits per heavy atom. The molecule has 0 amide bonds. The number of esters is 1. The van der Waals surface area contributed by atoms with Crippen molar-refractivity contribution in [1.29, 1.82) is 0 Å². The average molecular weight is 522 g/mol. The molecule has 0 spiro atoms. The smallest absolute Gasteiger partial charge is 0.357 e. The van der Waals surface area contributed by atoms with Crippen LogP contribution in [0.3, 0.4) is 0 Å². The Labute approximate surface area is 218 Å². The van der Waals surface area contributed by atoms with Gasteiger partial charge in [-0.05, 0) is 42.0 Å². The highest BCUT2D eigenvalue weighted by Crippen LogP contribution is 2.44. The highest BCUT2D eigenvalue weighted by atomic mass is 16.5. The molecule has 38 heavy (non-hydrogen) atoms. The Kier molecular flexibility index (Phi) is 7.56. The summed E-state index contributed by atoms with van der Waals surface area (Å²) in [5.74, 6) is 1.31. The fourth-order valence-corrected chi connectivity index (χ4v) is 4.18. The Morgan fingerprint density at radius 2 is 1.39 bits per heavy atom. The van der Waals surface area contributed by atoms with Crippen LogP contribution in [0.1, 0.15) is 10.5 Å². The van der Waals surface area contributed by atoms with Gasteiger partial charge in [0.1, 0.15) is 5.82 Å². The van der Waals surface area contributed by atoms with Gasteiger partial charge in [0.05, 0.1) is 48.0 Å². The van der Waals surface area contributed by atoms with Crippen molar-refractivity contribution in [2.24, 2.45) is 0 Å². The lowest BCUT2D eigenvalue weighted by Gasteiger charge is -2.21. The SMILES string of the molecule is COC(=O)c1c(-c2cc(OC)c(OC)c(OC)c2)c2cc(OC)c(OC)cc2c(=O)n1Nc1ccccn1. The molecule has 1 N–H and O–H groups in total. The zero-order valence-electron chi connectivity index (χ0n) is 21.8. The molecule has 198 valence electrons. The standard InChI is InChI=1S/C27H27N3O8/c1-33-18-13-16-17(14-19(18)34-2)26(31)30(29-22-9-7-8-10-28-22)24(27(32)38-6)23(16)15-11-20(35-3)25(37-5)21(12-15)36-4/h7-14H,1-6H3,(H,28,29). The van der Waals surface area contributed by atoms with E-state index in [1.807, 2.05) is 0 Å². The highest BCUT2D eigenvalue weighted by Gasteiger charge is 2.28. The number of pyridine rings is 2. The van der Waals surface area contributed by atoms with E-state index in [0.717, 1.165) is 4.68 Å². The van der Waals surface area contributed by atoms with Crippen molar-refractivity contribution in [2.75, 3.05) is 48.1 Å². The summed E-state index contributed by atoms with van der Waals surface area (Å²) < 4.78 is 33.8. The molecule has 0 saturated carbocycles. The first-order valence-corrected chi connectivity index (χ1v) is 11.3. The molecule has 0 aliphatic heterocycles. The first-order chi connectivity index (χ1) is 18.4. The maximum atomic E-state index is 13.9. The van der Waals surface area contributed by atoms with Crippen LogP contribution >= 0.6 is 0 Å². The molecule has 2 aromatic heterocycles. The number of methoxy groups -OCH3 is 6.